The fourth-order valence-electron chi connectivity index (χ4n) is 6.12. The molecule has 3 aromatic heterocycles. The lowest BCUT2D eigenvalue weighted by atomic mass is 9.96. The molecule has 2 aromatic carbocycles. The van der Waals surface area contributed by atoms with E-state index in [2.05, 4.69) is 15.4 Å². The predicted molar refractivity (Wildman–Crippen MR) is 166 cm³/mol. The number of nitrogens with zero attached hydrogens (tertiary/aromatic N) is 5. The summed E-state index contributed by atoms with van der Waals surface area (Å²) in [6, 6.07) is 14.7. The molecule has 228 valence electrons. The van der Waals surface area contributed by atoms with Crippen LogP contribution in [0.15, 0.2) is 76.6 Å². The highest BCUT2D eigenvalue weighted by Crippen LogP contribution is 2.36. The zero-order valence-corrected chi connectivity index (χ0v) is 24.4. The Balaban J connectivity index is 1.29. The van der Waals surface area contributed by atoms with Gasteiger partial charge in [-0.1, -0.05) is 24.3 Å². The first kappa shape index (κ1) is 28.6. The number of rotatable bonds is 4. The van der Waals surface area contributed by atoms with Crippen LogP contribution in [-0.2, 0) is 24.6 Å². The summed E-state index contributed by atoms with van der Waals surface area (Å²) in [5, 5.41) is 18.8. The van der Waals surface area contributed by atoms with Gasteiger partial charge in [0.05, 0.1) is 42.2 Å². The Morgan fingerprint density at radius 3 is 2.58 bits per heavy atom. The topological polar surface area (TPSA) is 132 Å². The van der Waals surface area contributed by atoms with Crippen molar-refractivity contribution in [1.29, 1.82) is 0 Å². The number of carbonyl (C=O) groups is 1. The molecule has 1 fully saturated rings. The van der Waals surface area contributed by atoms with Crippen LogP contribution in [0.1, 0.15) is 21.6 Å². The maximum Gasteiger partial charge on any atom is 0.282 e. The summed E-state index contributed by atoms with van der Waals surface area (Å²) >= 11 is 0. The highest BCUT2D eigenvalue weighted by molar-refractivity contribution is 5.94. The lowest BCUT2D eigenvalue weighted by Gasteiger charge is -2.26. The summed E-state index contributed by atoms with van der Waals surface area (Å²) in [5.74, 6) is -0.395. The fourth-order valence-corrected chi connectivity index (χ4v) is 6.12. The number of aliphatic hydroxyl groups excluding tert-OH is 1. The largest absolute Gasteiger partial charge is 0.392 e. The minimum atomic E-state index is -0.860. The number of ether oxygens (including phenoxy) is 1. The minimum Gasteiger partial charge on any atom is -0.392 e. The molecule has 11 nitrogen and oxygen atoms in total. The normalized spacial score (nSPS) is 16.2. The van der Waals surface area contributed by atoms with Crippen molar-refractivity contribution in [3.8, 4) is 16.8 Å². The van der Waals surface area contributed by atoms with Crippen molar-refractivity contribution in [2.24, 2.45) is 7.05 Å². The van der Waals surface area contributed by atoms with Gasteiger partial charge >= 0.3 is 0 Å². The third-order valence-corrected chi connectivity index (χ3v) is 8.41. The number of amides is 1. The molecular weight excluding hydrogens is 579 g/mol. The first-order valence-corrected chi connectivity index (χ1v) is 14.6. The third kappa shape index (κ3) is 5.07. The standard InChI is InChI=1S/C33H29FN6O5/c1-38-28-15-21(41)14-23-22(5-3-7-27(23)40-33(44)30-19(18-36-40)4-2-6-25(30)34)24(28)16-26(32(38)43)37-29-9-8-20(17-35-29)31(42)39-10-12-45-13-11-39/h2-9,16-18,21,41H,10-15H2,1H3,(H,35,37)/t21-/m1/s1. The van der Waals surface area contributed by atoms with E-state index in [1.54, 1.807) is 48.3 Å². The number of halogens is 1. The van der Waals surface area contributed by atoms with Crippen LogP contribution in [0.5, 0.6) is 0 Å². The van der Waals surface area contributed by atoms with Gasteiger partial charge in [-0.25, -0.2) is 9.37 Å². The van der Waals surface area contributed by atoms with Crippen molar-refractivity contribution in [2.75, 3.05) is 31.6 Å². The quantitative estimate of drug-likeness (QED) is 0.319. The smallest absolute Gasteiger partial charge is 0.282 e. The number of hydrogen-bond donors (Lipinski definition) is 2. The second-order valence-electron chi connectivity index (χ2n) is 11.2. The number of anilines is 2. The van der Waals surface area contributed by atoms with E-state index in [0.29, 0.717) is 71.1 Å². The van der Waals surface area contributed by atoms with E-state index in [1.165, 1.54) is 29.1 Å². The summed E-state index contributed by atoms with van der Waals surface area (Å²) in [6.07, 6.45) is 2.44. The number of pyridine rings is 2. The van der Waals surface area contributed by atoms with Gasteiger partial charge in [-0.05, 0) is 41.5 Å². The highest BCUT2D eigenvalue weighted by Gasteiger charge is 2.27. The fraction of sp³-hybridized carbons (Fsp3) is 0.242. The van der Waals surface area contributed by atoms with E-state index in [4.69, 9.17) is 4.74 Å². The van der Waals surface area contributed by atoms with Crippen molar-refractivity contribution in [3.05, 3.63) is 110 Å². The van der Waals surface area contributed by atoms with Crippen LogP contribution in [0.4, 0.5) is 15.9 Å². The van der Waals surface area contributed by atoms with Gasteiger partial charge in [0.15, 0.2) is 0 Å². The zero-order valence-electron chi connectivity index (χ0n) is 24.4. The molecule has 45 heavy (non-hydrogen) atoms. The van der Waals surface area contributed by atoms with Crippen LogP contribution in [-0.4, -0.2) is 67.7 Å². The Kier molecular flexibility index (Phi) is 7.22. The zero-order chi connectivity index (χ0) is 31.2. The van der Waals surface area contributed by atoms with Crippen molar-refractivity contribution in [2.45, 2.75) is 18.9 Å². The molecule has 0 saturated carbocycles. The first-order valence-electron chi connectivity index (χ1n) is 14.6. The molecule has 1 saturated heterocycles. The Bertz CT molecular complexity index is 2090. The van der Waals surface area contributed by atoms with E-state index >= 15 is 0 Å². The average molecular weight is 609 g/mol. The monoisotopic (exact) mass is 608 g/mol. The van der Waals surface area contributed by atoms with E-state index in [9.17, 15) is 23.9 Å². The lowest BCUT2D eigenvalue weighted by Crippen LogP contribution is -2.40. The summed E-state index contributed by atoms with van der Waals surface area (Å²) in [5.41, 5.74) is 2.82. The van der Waals surface area contributed by atoms with Crippen LogP contribution in [0.25, 0.3) is 27.6 Å². The van der Waals surface area contributed by atoms with E-state index in [1.807, 2.05) is 6.07 Å². The predicted octanol–water partition coefficient (Wildman–Crippen LogP) is 2.96. The second kappa shape index (κ2) is 11.4. The van der Waals surface area contributed by atoms with Crippen molar-refractivity contribution in [1.82, 2.24) is 24.2 Å². The van der Waals surface area contributed by atoms with Crippen molar-refractivity contribution < 1.29 is 19.0 Å². The SMILES string of the molecule is Cn1c2c(cc(Nc3ccc(C(=O)N4CCOCC4)cn3)c1=O)-c1cccc(-n3ncc4cccc(F)c4c3=O)c1C[C@@H](O)C2. The van der Waals surface area contributed by atoms with Gasteiger partial charge in [-0.3, -0.25) is 14.4 Å². The van der Waals surface area contributed by atoms with E-state index in [0.717, 1.165) is 4.68 Å². The maximum atomic E-state index is 14.7. The number of morpholine rings is 1. The van der Waals surface area contributed by atoms with Gasteiger partial charge < -0.3 is 24.6 Å². The summed E-state index contributed by atoms with van der Waals surface area (Å²) < 4.78 is 22.7. The van der Waals surface area contributed by atoms with Gasteiger partial charge in [0.25, 0.3) is 17.0 Å². The molecule has 0 unspecified atom stereocenters. The molecule has 2 N–H and O–H groups in total. The molecule has 1 amide bonds. The lowest BCUT2D eigenvalue weighted by molar-refractivity contribution is 0.0302. The molecule has 7 rings (SSSR count). The van der Waals surface area contributed by atoms with Crippen LogP contribution < -0.4 is 16.4 Å². The molecule has 0 spiro atoms. The molecule has 0 radical (unpaired) electrons. The molecule has 1 atom stereocenters. The summed E-state index contributed by atoms with van der Waals surface area (Å²) in [7, 11) is 1.64. The minimum absolute atomic E-state index is 0.0706. The number of fused-ring (bicyclic) bond motifs is 4. The Labute approximate surface area is 256 Å². The molecule has 0 bridgehead atoms. The molecule has 1 aliphatic carbocycles. The summed E-state index contributed by atoms with van der Waals surface area (Å²) in [4.78, 5) is 45.9. The molecule has 12 heteroatoms. The number of hydrogen-bond acceptors (Lipinski definition) is 8. The number of aliphatic hydroxyl groups is 1. The second-order valence-corrected chi connectivity index (χ2v) is 11.2. The Hall–Kier alpha value is -5.20. The van der Waals surface area contributed by atoms with Gasteiger partial charge in [0, 0.05) is 55.8 Å². The van der Waals surface area contributed by atoms with Crippen molar-refractivity contribution >= 4 is 28.2 Å². The third-order valence-electron chi connectivity index (χ3n) is 8.41. The van der Waals surface area contributed by atoms with Gasteiger partial charge in [-0.15, -0.1) is 0 Å². The van der Waals surface area contributed by atoms with Crippen LogP contribution in [0.3, 0.4) is 0 Å². The summed E-state index contributed by atoms with van der Waals surface area (Å²) in [6.45, 7) is 2.03. The number of aromatic nitrogens is 4. The Morgan fingerprint density at radius 2 is 1.80 bits per heavy atom. The van der Waals surface area contributed by atoms with Crippen molar-refractivity contribution in [3.63, 3.8) is 0 Å². The number of nitrogens with one attached hydrogen (secondary N) is 1. The van der Waals surface area contributed by atoms with Gasteiger partial charge in [0.1, 0.15) is 17.3 Å². The number of benzene rings is 2. The van der Waals surface area contributed by atoms with E-state index < -0.39 is 17.5 Å². The molecule has 5 aromatic rings. The van der Waals surface area contributed by atoms with Gasteiger partial charge in [0.2, 0.25) is 0 Å². The highest BCUT2D eigenvalue weighted by atomic mass is 19.1. The van der Waals surface area contributed by atoms with Crippen LogP contribution in [0, 0.1) is 5.82 Å². The first-order chi connectivity index (χ1) is 21.8. The Morgan fingerprint density at radius 1 is 1.00 bits per heavy atom. The average Bonchev–Trinajstić information content (AvgIpc) is 3.20. The van der Waals surface area contributed by atoms with Crippen LogP contribution >= 0.6 is 0 Å². The molecule has 1 aliphatic heterocycles. The molecular formula is C33H29FN6O5. The molecule has 2 aliphatic rings. The van der Waals surface area contributed by atoms with Gasteiger partial charge in [-0.2, -0.15) is 9.78 Å². The number of carbonyl (C=O) groups excluding carboxylic acids is 1. The molecule has 4 heterocycles. The van der Waals surface area contributed by atoms with Crippen LogP contribution in [0.2, 0.25) is 0 Å². The maximum absolute atomic E-state index is 14.7. The van der Waals surface area contributed by atoms with E-state index in [-0.39, 0.29) is 35.4 Å².